The van der Waals surface area contributed by atoms with Crippen LogP contribution in [-0.2, 0) is 0 Å². The van der Waals surface area contributed by atoms with Gasteiger partial charge in [-0.3, -0.25) is 9.36 Å². The number of hydrogen-bond donors (Lipinski definition) is 2. The van der Waals surface area contributed by atoms with E-state index in [0.29, 0.717) is 16.5 Å². The van der Waals surface area contributed by atoms with Crippen molar-refractivity contribution in [3.63, 3.8) is 0 Å². The molecular weight excluding hydrogens is 434 g/mol. The fourth-order valence-corrected chi connectivity index (χ4v) is 5.51. The molecule has 2 aromatic carbocycles. The molecule has 2 bridgehead atoms. The van der Waals surface area contributed by atoms with Gasteiger partial charge < -0.3 is 10.6 Å². The molecule has 1 saturated carbocycles. The van der Waals surface area contributed by atoms with Crippen molar-refractivity contribution in [1.29, 1.82) is 0 Å². The number of amides is 1. The first-order valence-corrected chi connectivity index (χ1v) is 11.8. The first-order chi connectivity index (χ1) is 15.9. The predicted octanol–water partition coefficient (Wildman–Crippen LogP) is 5.19. The number of anilines is 1. The van der Waals surface area contributed by atoms with Gasteiger partial charge in [-0.15, -0.1) is 10.2 Å². The van der Waals surface area contributed by atoms with E-state index in [9.17, 15) is 4.79 Å². The second-order valence-corrected chi connectivity index (χ2v) is 9.61. The van der Waals surface area contributed by atoms with E-state index in [-0.39, 0.29) is 17.9 Å². The van der Waals surface area contributed by atoms with Crippen LogP contribution in [0.3, 0.4) is 0 Å². The number of rotatable bonds is 3. The molecule has 1 fully saturated rings. The number of aryl methyl sites for hydroxylation is 2. The third-order valence-corrected chi connectivity index (χ3v) is 7.57. The Bertz CT molecular complexity index is 1220. The highest BCUT2D eigenvalue weighted by Gasteiger charge is 2.40. The summed E-state index contributed by atoms with van der Waals surface area (Å²) >= 11 is 6.52. The van der Waals surface area contributed by atoms with Crippen molar-refractivity contribution >= 4 is 28.8 Å². The van der Waals surface area contributed by atoms with Gasteiger partial charge in [-0.25, -0.2) is 0 Å². The van der Waals surface area contributed by atoms with Crippen LogP contribution < -0.4 is 10.6 Å². The summed E-state index contributed by atoms with van der Waals surface area (Å²) in [5.74, 6) is 0.460. The van der Waals surface area contributed by atoms with Gasteiger partial charge in [0, 0.05) is 35.4 Å². The summed E-state index contributed by atoms with van der Waals surface area (Å²) < 4.78 is 1.75. The molecule has 1 aliphatic carbocycles. The molecule has 7 heteroatoms. The van der Waals surface area contributed by atoms with E-state index in [2.05, 4.69) is 53.4 Å². The first-order valence-electron chi connectivity index (χ1n) is 11.4. The molecule has 0 spiro atoms. The lowest BCUT2D eigenvalue weighted by Crippen LogP contribution is -2.42. The molecule has 33 heavy (non-hydrogen) atoms. The minimum Gasteiger partial charge on any atom is -0.385 e. The standard InChI is InChI=1S/C26H28ClN5O/c1-15-10-22-17(3)20-6-4-18(8-9-28-24(22)11-16(15)2)25(20)31-26(33)21-7-5-19(12-23(21)27)32-13-29-30-14-32/h5,7,10-14,18,20,25,28H,3-4,6,8-9H2,1-2H3,(H,31,33)/t18-,20+,25+/m0/s1. The molecular formula is C26H28ClN5O. The predicted molar refractivity (Wildman–Crippen MR) is 132 cm³/mol. The Morgan fingerprint density at radius 3 is 2.64 bits per heavy atom. The van der Waals surface area contributed by atoms with Crippen molar-refractivity contribution in [2.45, 2.75) is 39.2 Å². The van der Waals surface area contributed by atoms with E-state index in [1.807, 2.05) is 6.07 Å². The summed E-state index contributed by atoms with van der Waals surface area (Å²) in [5, 5.41) is 15.0. The zero-order valence-electron chi connectivity index (χ0n) is 18.9. The summed E-state index contributed by atoms with van der Waals surface area (Å²) in [6.07, 6.45) is 6.31. The molecule has 170 valence electrons. The summed E-state index contributed by atoms with van der Waals surface area (Å²) in [7, 11) is 0. The van der Waals surface area contributed by atoms with Crippen LogP contribution in [0.1, 0.15) is 46.3 Å². The SMILES string of the molecule is C=C1c2cc(C)c(C)cc2NCC[C@@H]2CC[C@H]1[C@@H]2NC(=O)c1ccc(-n2cnnc2)cc1Cl. The fourth-order valence-electron chi connectivity index (χ4n) is 5.25. The lowest BCUT2D eigenvalue weighted by molar-refractivity contribution is 0.0921. The van der Waals surface area contributed by atoms with Crippen molar-refractivity contribution in [2.75, 3.05) is 11.9 Å². The van der Waals surface area contributed by atoms with Crippen LogP contribution in [0.15, 0.2) is 49.6 Å². The number of carbonyl (C=O) groups is 1. The number of nitrogens with one attached hydrogen (secondary N) is 2. The van der Waals surface area contributed by atoms with Crippen LogP contribution in [0.25, 0.3) is 11.3 Å². The van der Waals surface area contributed by atoms with E-state index < -0.39 is 0 Å². The van der Waals surface area contributed by atoms with Gasteiger partial charge in [-0.05, 0) is 86.1 Å². The molecule has 1 amide bonds. The van der Waals surface area contributed by atoms with Crippen LogP contribution in [0, 0.1) is 25.7 Å². The third kappa shape index (κ3) is 4.04. The first kappa shape index (κ1) is 21.7. The Morgan fingerprint density at radius 2 is 1.88 bits per heavy atom. The van der Waals surface area contributed by atoms with Gasteiger partial charge in [0.05, 0.1) is 10.6 Å². The second kappa shape index (κ2) is 8.67. The topological polar surface area (TPSA) is 71.8 Å². The molecule has 3 aromatic rings. The highest BCUT2D eigenvalue weighted by atomic mass is 35.5. The third-order valence-electron chi connectivity index (χ3n) is 7.26. The van der Waals surface area contributed by atoms with Gasteiger partial charge in [-0.1, -0.05) is 18.2 Å². The van der Waals surface area contributed by atoms with Gasteiger partial charge in [0.2, 0.25) is 0 Å². The van der Waals surface area contributed by atoms with Crippen LogP contribution in [-0.4, -0.2) is 33.3 Å². The van der Waals surface area contributed by atoms with E-state index in [1.54, 1.807) is 29.4 Å². The Kier molecular flexibility index (Phi) is 5.71. The van der Waals surface area contributed by atoms with Crippen molar-refractivity contribution in [2.24, 2.45) is 11.8 Å². The molecule has 2 heterocycles. The number of halogens is 1. The summed E-state index contributed by atoms with van der Waals surface area (Å²) in [5.41, 5.74) is 7.23. The number of aromatic nitrogens is 3. The van der Waals surface area contributed by atoms with Crippen LogP contribution in [0.4, 0.5) is 5.69 Å². The summed E-state index contributed by atoms with van der Waals surface area (Å²) in [6.45, 7) is 9.66. The van der Waals surface area contributed by atoms with Crippen LogP contribution in [0.2, 0.25) is 5.02 Å². The number of hydrogen-bond acceptors (Lipinski definition) is 4. The Hall–Kier alpha value is -3.12. The monoisotopic (exact) mass is 461 g/mol. The molecule has 0 saturated heterocycles. The molecule has 3 atom stereocenters. The minimum atomic E-state index is -0.141. The quantitative estimate of drug-likeness (QED) is 0.563. The maximum absolute atomic E-state index is 13.3. The number of carbonyl (C=O) groups excluding carboxylic acids is 1. The number of benzene rings is 2. The molecule has 2 N–H and O–H groups in total. The average Bonchev–Trinajstić information content (AvgIpc) is 3.46. The maximum atomic E-state index is 13.3. The zero-order chi connectivity index (χ0) is 23.1. The van der Waals surface area contributed by atoms with Gasteiger partial charge >= 0.3 is 0 Å². The fraction of sp³-hybridized carbons (Fsp3) is 0.346. The molecule has 1 aliphatic heterocycles. The van der Waals surface area contributed by atoms with Gasteiger partial charge in [0.15, 0.2) is 0 Å². The van der Waals surface area contributed by atoms with Gasteiger partial charge in [-0.2, -0.15) is 0 Å². The second-order valence-electron chi connectivity index (χ2n) is 9.20. The zero-order valence-corrected chi connectivity index (χ0v) is 19.7. The molecule has 1 aromatic heterocycles. The van der Waals surface area contributed by atoms with E-state index >= 15 is 0 Å². The number of fused-ring (bicyclic) bond motifs is 3. The number of nitrogens with zero attached hydrogens (tertiary/aromatic N) is 3. The molecule has 6 nitrogen and oxygen atoms in total. The lowest BCUT2D eigenvalue weighted by atomic mass is 9.85. The smallest absolute Gasteiger partial charge is 0.253 e. The summed E-state index contributed by atoms with van der Waals surface area (Å²) in [4.78, 5) is 13.3. The summed E-state index contributed by atoms with van der Waals surface area (Å²) in [6, 6.07) is 9.88. The van der Waals surface area contributed by atoms with Crippen LogP contribution in [0.5, 0.6) is 0 Å². The van der Waals surface area contributed by atoms with Crippen LogP contribution >= 0.6 is 11.6 Å². The highest BCUT2D eigenvalue weighted by molar-refractivity contribution is 6.34. The molecule has 5 rings (SSSR count). The van der Waals surface area contributed by atoms with Crippen molar-refractivity contribution in [3.8, 4) is 5.69 Å². The Morgan fingerprint density at radius 1 is 1.12 bits per heavy atom. The van der Waals surface area contributed by atoms with Gasteiger partial charge in [0.1, 0.15) is 12.7 Å². The van der Waals surface area contributed by atoms with Crippen molar-refractivity contribution < 1.29 is 4.79 Å². The van der Waals surface area contributed by atoms with E-state index in [1.165, 1.54) is 16.7 Å². The van der Waals surface area contributed by atoms with Gasteiger partial charge in [0.25, 0.3) is 5.91 Å². The van der Waals surface area contributed by atoms with Crippen molar-refractivity contribution in [3.05, 3.63) is 76.8 Å². The van der Waals surface area contributed by atoms with E-state index in [4.69, 9.17) is 11.6 Å². The van der Waals surface area contributed by atoms with Crippen molar-refractivity contribution in [1.82, 2.24) is 20.1 Å². The minimum absolute atomic E-state index is 0.0351. The lowest BCUT2D eigenvalue weighted by Gasteiger charge is -2.27. The Labute approximate surface area is 199 Å². The largest absolute Gasteiger partial charge is 0.385 e. The maximum Gasteiger partial charge on any atom is 0.253 e. The highest BCUT2D eigenvalue weighted by Crippen LogP contribution is 2.44. The molecule has 2 aliphatic rings. The van der Waals surface area contributed by atoms with E-state index in [0.717, 1.165) is 42.8 Å². The average molecular weight is 462 g/mol. The Balaban J connectivity index is 1.42. The molecule has 0 radical (unpaired) electrons. The normalized spacial score (nSPS) is 22.0. The molecule has 0 unspecified atom stereocenters.